The number of rotatable bonds is 6. The molecule has 0 aliphatic heterocycles. The topological polar surface area (TPSA) is 99.8 Å². The van der Waals surface area contributed by atoms with Crippen molar-refractivity contribution in [2.24, 2.45) is 5.92 Å². The van der Waals surface area contributed by atoms with E-state index in [0.717, 1.165) is 5.56 Å². The lowest BCUT2D eigenvalue weighted by Gasteiger charge is -2.11. The van der Waals surface area contributed by atoms with E-state index < -0.39 is 11.3 Å². The largest absolute Gasteiger partial charge is 0.338 e. The van der Waals surface area contributed by atoms with Crippen molar-refractivity contribution in [2.75, 3.05) is 6.54 Å². The molecule has 25 heavy (non-hydrogen) atoms. The minimum atomic E-state index is -0.494. The SMILES string of the molecule is Cc1ccc(-c2nc(SC(C)C(=O)NC(=O)NCC(C)C)n[nH]2)cc1. The van der Waals surface area contributed by atoms with Crippen LogP contribution in [0.3, 0.4) is 0 Å². The number of nitrogens with zero attached hydrogens (tertiary/aromatic N) is 2. The fraction of sp³-hybridized carbons (Fsp3) is 0.412. The molecule has 7 nitrogen and oxygen atoms in total. The molecular weight excluding hydrogens is 338 g/mol. The Balaban J connectivity index is 1.90. The van der Waals surface area contributed by atoms with E-state index in [4.69, 9.17) is 0 Å². The van der Waals surface area contributed by atoms with Crippen molar-refractivity contribution >= 4 is 23.7 Å². The van der Waals surface area contributed by atoms with Gasteiger partial charge in [-0.1, -0.05) is 55.4 Å². The Labute approximate surface area is 151 Å². The maximum atomic E-state index is 12.1. The van der Waals surface area contributed by atoms with Gasteiger partial charge in [-0.05, 0) is 19.8 Å². The van der Waals surface area contributed by atoms with E-state index in [1.165, 1.54) is 17.3 Å². The van der Waals surface area contributed by atoms with Crippen LogP contribution in [0.15, 0.2) is 29.4 Å². The number of hydrogen-bond donors (Lipinski definition) is 3. The molecule has 1 heterocycles. The van der Waals surface area contributed by atoms with Crippen LogP contribution in [0, 0.1) is 12.8 Å². The number of amides is 3. The summed E-state index contributed by atoms with van der Waals surface area (Å²) in [5.74, 6) is 0.582. The van der Waals surface area contributed by atoms with Crippen LogP contribution in [0.4, 0.5) is 4.79 Å². The number of nitrogens with one attached hydrogen (secondary N) is 3. The van der Waals surface area contributed by atoms with Gasteiger partial charge in [-0.15, -0.1) is 5.10 Å². The van der Waals surface area contributed by atoms with Crippen LogP contribution in [-0.2, 0) is 4.79 Å². The van der Waals surface area contributed by atoms with Crippen molar-refractivity contribution in [3.8, 4) is 11.4 Å². The maximum absolute atomic E-state index is 12.1. The van der Waals surface area contributed by atoms with E-state index in [1.807, 2.05) is 45.0 Å². The third-order valence-electron chi connectivity index (χ3n) is 3.35. The van der Waals surface area contributed by atoms with Crippen molar-refractivity contribution in [1.82, 2.24) is 25.8 Å². The van der Waals surface area contributed by atoms with Gasteiger partial charge in [0, 0.05) is 12.1 Å². The summed E-state index contributed by atoms with van der Waals surface area (Å²) in [6.07, 6.45) is 0. The molecule has 2 rings (SSSR count). The normalized spacial score (nSPS) is 12.0. The van der Waals surface area contributed by atoms with Crippen molar-refractivity contribution in [1.29, 1.82) is 0 Å². The minimum absolute atomic E-state index is 0.320. The zero-order chi connectivity index (χ0) is 18.4. The molecule has 2 aromatic rings. The van der Waals surface area contributed by atoms with Crippen LogP contribution >= 0.6 is 11.8 Å². The van der Waals surface area contributed by atoms with Gasteiger partial charge in [0.25, 0.3) is 0 Å². The molecule has 0 saturated carbocycles. The molecular formula is C17H23N5O2S. The van der Waals surface area contributed by atoms with Gasteiger partial charge in [0.05, 0.1) is 5.25 Å². The Hall–Kier alpha value is -2.35. The van der Waals surface area contributed by atoms with Crippen LogP contribution in [0.2, 0.25) is 0 Å². The lowest BCUT2D eigenvalue weighted by atomic mass is 10.1. The number of hydrogen-bond acceptors (Lipinski definition) is 5. The minimum Gasteiger partial charge on any atom is -0.338 e. The second-order valence-corrected chi connectivity index (χ2v) is 7.49. The monoisotopic (exact) mass is 361 g/mol. The highest BCUT2D eigenvalue weighted by Crippen LogP contribution is 2.22. The average Bonchev–Trinajstić information content (AvgIpc) is 3.02. The van der Waals surface area contributed by atoms with Gasteiger partial charge in [-0.3, -0.25) is 15.2 Å². The van der Waals surface area contributed by atoms with E-state index >= 15 is 0 Å². The van der Waals surface area contributed by atoms with E-state index in [2.05, 4.69) is 25.8 Å². The third-order valence-corrected chi connectivity index (χ3v) is 4.31. The van der Waals surface area contributed by atoms with Crippen molar-refractivity contribution in [3.05, 3.63) is 29.8 Å². The van der Waals surface area contributed by atoms with Gasteiger partial charge in [-0.2, -0.15) is 0 Å². The van der Waals surface area contributed by atoms with Gasteiger partial charge >= 0.3 is 6.03 Å². The summed E-state index contributed by atoms with van der Waals surface area (Å²) < 4.78 is 0. The number of aromatic nitrogens is 3. The molecule has 0 aliphatic rings. The van der Waals surface area contributed by atoms with Crippen LogP contribution in [0.1, 0.15) is 26.3 Å². The number of aryl methyl sites for hydroxylation is 1. The molecule has 1 aromatic carbocycles. The molecule has 1 atom stereocenters. The number of carbonyl (C=O) groups is 2. The number of benzene rings is 1. The smallest absolute Gasteiger partial charge is 0.321 e. The standard InChI is InChI=1S/C17H23N5O2S/c1-10(2)9-18-16(24)20-15(23)12(4)25-17-19-14(21-22-17)13-7-5-11(3)6-8-13/h5-8,10,12H,9H2,1-4H3,(H,19,21,22)(H2,18,20,23,24). The summed E-state index contributed by atoms with van der Waals surface area (Å²) in [4.78, 5) is 28.1. The third kappa shape index (κ3) is 5.90. The predicted octanol–water partition coefficient (Wildman–Crippen LogP) is 2.74. The molecule has 8 heteroatoms. The summed E-state index contributed by atoms with van der Waals surface area (Å²) in [5, 5.41) is 11.9. The first kappa shape index (κ1) is 19.0. The number of carbonyl (C=O) groups excluding carboxylic acids is 2. The van der Waals surface area contributed by atoms with Gasteiger partial charge < -0.3 is 5.32 Å². The molecule has 0 fully saturated rings. The molecule has 0 spiro atoms. The Bertz CT molecular complexity index is 727. The molecule has 3 amide bonds. The number of imide groups is 1. The first-order valence-corrected chi connectivity index (χ1v) is 8.98. The summed E-state index contributed by atoms with van der Waals surface area (Å²) in [6, 6.07) is 7.42. The maximum Gasteiger partial charge on any atom is 0.321 e. The molecule has 0 bridgehead atoms. The number of urea groups is 1. The fourth-order valence-corrected chi connectivity index (χ4v) is 2.63. The first-order valence-electron chi connectivity index (χ1n) is 8.10. The van der Waals surface area contributed by atoms with E-state index in [9.17, 15) is 9.59 Å². The van der Waals surface area contributed by atoms with Crippen molar-refractivity contribution in [3.63, 3.8) is 0 Å². The number of H-pyrrole nitrogens is 1. The Morgan fingerprint density at radius 3 is 2.52 bits per heavy atom. The molecule has 3 N–H and O–H groups in total. The highest BCUT2D eigenvalue weighted by molar-refractivity contribution is 8.00. The summed E-state index contributed by atoms with van der Waals surface area (Å²) in [5.41, 5.74) is 2.09. The molecule has 1 unspecified atom stereocenters. The fourth-order valence-electron chi connectivity index (χ4n) is 1.91. The van der Waals surface area contributed by atoms with E-state index in [-0.39, 0.29) is 5.91 Å². The van der Waals surface area contributed by atoms with Crippen LogP contribution in [0.25, 0.3) is 11.4 Å². The highest BCUT2D eigenvalue weighted by atomic mass is 32.2. The second kappa shape index (κ2) is 8.66. The molecule has 0 aliphatic carbocycles. The molecule has 0 radical (unpaired) electrons. The van der Waals surface area contributed by atoms with E-state index in [1.54, 1.807) is 6.92 Å². The number of thioether (sulfide) groups is 1. The van der Waals surface area contributed by atoms with Crippen molar-refractivity contribution < 1.29 is 9.59 Å². The second-order valence-electron chi connectivity index (χ2n) is 6.19. The van der Waals surface area contributed by atoms with Gasteiger partial charge in [0.2, 0.25) is 11.1 Å². The molecule has 0 saturated heterocycles. The van der Waals surface area contributed by atoms with Crippen molar-refractivity contribution in [2.45, 2.75) is 38.1 Å². The molecule has 1 aromatic heterocycles. The zero-order valence-corrected chi connectivity index (χ0v) is 15.6. The Morgan fingerprint density at radius 2 is 1.88 bits per heavy atom. The number of aromatic amines is 1. The van der Waals surface area contributed by atoms with Crippen LogP contribution < -0.4 is 10.6 Å². The summed E-state index contributed by atoms with van der Waals surface area (Å²) in [6.45, 7) is 8.20. The van der Waals surface area contributed by atoms with Gasteiger partial charge in [-0.25, -0.2) is 9.78 Å². The molecule has 134 valence electrons. The van der Waals surface area contributed by atoms with E-state index in [0.29, 0.717) is 23.4 Å². The predicted molar refractivity (Wildman–Crippen MR) is 98.3 cm³/mol. The Kier molecular flexibility index (Phi) is 6.58. The Morgan fingerprint density at radius 1 is 1.20 bits per heavy atom. The van der Waals surface area contributed by atoms with Crippen LogP contribution in [-0.4, -0.2) is 38.9 Å². The quantitative estimate of drug-likeness (QED) is 0.687. The van der Waals surface area contributed by atoms with Gasteiger partial charge in [0.1, 0.15) is 0 Å². The lowest BCUT2D eigenvalue weighted by Crippen LogP contribution is -2.43. The van der Waals surface area contributed by atoms with Crippen LogP contribution in [0.5, 0.6) is 0 Å². The highest BCUT2D eigenvalue weighted by Gasteiger charge is 2.19. The average molecular weight is 361 g/mol. The lowest BCUT2D eigenvalue weighted by molar-refractivity contribution is -0.119. The van der Waals surface area contributed by atoms with Gasteiger partial charge in [0.15, 0.2) is 5.82 Å². The summed E-state index contributed by atoms with van der Waals surface area (Å²) in [7, 11) is 0. The zero-order valence-electron chi connectivity index (χ0n) is 14.8. The summed E-state index contributed by atoms with van der Waals surface area (Å²) >= 11 is 1.19. The first-order chi connectivity index (χ1) is 11.8.